The molecule has 8 nitrogen and oxygen atoms in total. The Morgan fingerprint density at radius 1 is 0.925 bits per heavy atom. The first-order valence-corrected chi connectivity index (χ1v) is 13.8. The van der Waals surface area contributed by atoms with Gasteiger partial charge in [0.15, 0.2) is 0 Å². The smallest absolute Gasteiger partial charge is 0.408 e. The van der Waals surface area contributed by atoms with Gasteiger partial charge in [0.25, 0.3) is 0 Å². The van der Waals surface area contributed by atoms with Gasteiger partial charge in [-0.2, -0.15) is 0 Å². The van der Waals surface area contributed by atoms with Gasteiger partial charge in [0.2, 0.25) is 5.91 Å². The van der Waals surface area contributed by atoms with E-state index in [4.69, 9.17) is 9.84 Å². The van der Waals surface area contributed by atoms with Crippen LogP contribution in [0, 0.1) is 0 Å². The quantitative estimate of drug-likeness (QED) is 0.367. The minimum Gasteiger partial charge on any atom is -0.481 e. The van der Waals surface area contributed by atoms with E-state index in [1.54, 1.807) is 6.92 Å². The van der Waals surface area contributed by atoms with Crippen LogP contribution in [0.1, 0.15) is 48.8 Å². The fourth-order valence-electron chi connectivity index (χ4n) is 5.85. The standard InChI is InChI=1S/C32H35N3O5/c1-22(19-29(36)37)33-30(38)32(15-17-35(18-16-32)20-23-9-3-2-4-10-23)34-31(39)40-21-28-26-13-7-5-11-24(26)25-12-6-8-14-27(25)28/h2-14,22,28H,15-21H2,1H3,(H,33,38)(H,34,39)(H,36,37)/t22-/m1/s1. The van der Waals surface area contributed by atoms with Crippen molar-refractivity contribution in [1.82, 2.24) is 15.5 Å². The van der Waals surface area contributed by atoms with Crippen LogP contribution in [-0.4, -0.2) is 59.3 Å². The van der Waals surface area contributed by atoms with Crippen molar-refractivity contribution >= 4 is 18.0 Å². The number of aliphatic carboxylic acids is 1. The molecule has 1 fully saturated rings. The van der Waals surface area contributed by atoms with Gasteiger partial charge in [0.05, 0.1) is 6.42 Å². The Bertz CT molecular complexity index is 1320. The largest absolute Gasteiger partial charge is 0.481 e. The molecule has 0 saturated carbocycles. The Hall–Kier alpha value is -4.17. The molecule has 0 spiro atoms. The van der Waals surface area contributed by atoms with Crippen LogP contribution >= 0.6 is 0 Å². The van der Waals surface area contributed by atoms with Crippen molar-refractivity contribution in [2.45, 2.75) is 50.2 Å². The summed E-state index contributed by atoms with van der Waals surface area (Å²) in [6.45, 7) is 3.74. The van der Waals surface area contributed by atoms with E-state index in [0.29, 0.717) is 25.9 Å². The van der Waals surface area contributed by atoms with Crippen molar-refractivity contribution < 1.29 is 24.2 Å². The summed E-state index contributed by atoms with van der Waals surface area (Å²) in [5, 5.41) is 14.9. The van der Waals surface area contributed by atoms with Gasteiger partial charge < -0.3 is 20.5 Å². The predicted octanol–water partition coefficient (Wildman–Crippen LogP) is 4.54. The lowest BCUT2D eigenvalue weighted by Crippen LogP contribution is -2.64. The molecule has 3 aromatic rings. The molecule has 40 heavy (non-hydrogen) atoms. The summed E-state index contributed by atoms with van der Waals surface area (Å²) < 4.78 is 5.77. The monoisotopic (exact) mass is 541 g/mol. The van der Waals surface area contributed by atoms with E-state index in [-0.39, 0.29) is 24.9 Å². The van der Waals surface area contributed by atoms with E-state index in [1.807, 2.05) is 42.5 Å². The van der Waals surface area contributed by atoms with Crippen LogP contribution in [0.2, 0.25) is 0 Å². The minimum absolute atomic E-state index is 0.0914. The zero-order chi connectivity index (χ0) is 28.1. The lowest BCUT2D eigenvalue weighted by atomic mass is 9.86. The van der Waals surface area contributed by atoms with Crippen LogP contribution in [0.5, 0.6) is 0 Å². The molecule has 0 aromatic heterocycles. The molecule has 1 aliphatic carbocycles. The molecule has 1 saturated heterocycles. The number of piperidine rings is 1. The van der Waals surface area contributed by atoms with Crippen LogP contribution in [0.25, 0.3) is 11.1 Å². The third-order valence-corrected chi connectivity index (χ3v) is 7.94. The number of carbonyl (C=O) groups excluding carboxylic acids is 2. The number of amides is 2. The van der Waals surface area contributed by atoms with Gasteiger partial charge in [-0.3, -0.25) is 14.5 Å². The maximum atomic E-state index is 13.5. The summed E-state index contributed by atoms with van der Waals surface area (Å²) in [5.41, 5.74) is 4.49. The first-order chi connectivity index (χ1) is 19.3. The summed E-state index contributed by atoms with van der Waals surface area (Å²) in [6.07, 6.45) is -0.0857. The van der Waals surface area contributed by atoms with E-state index < -0.39 is 23.6 Å². The molecule has 2 amide bonds. The third kappa shape index (κ3) is 6.02. The van der Waals surface area contributed by atoms with Gasteiger partial charge in [-0.15, -0.1) is 0 Å². The molecule has 2 aliphatic rings. The Morgan fingerprint density at radius 3 is 2.10 bits per heavy atom. The molecule has 0 unspecified atom stereocenters. The Kier molecular flexibility index (Phi) is 8.16. The number of likely N-dealkylation sites (tertiary alicyclic amines) is 1. The highest BCUT2D eigenvalue weighted by Crippen LogP contribution is 2.44. The third-order valence-electron chi connectivity index (χ3n) is 7.94. The van der Waals surface area contributed by atoms with E-state index >= 15 is 0 Å². The van der Waals surface area contributed by atoms with Gasteiger partial charge in [-0.25, -0.2) is 4.79 Å². The van der Waals surface area contributed by atoms with Crippen molar-refractivity contribution in [2.24, 2.45) is 0 Å². The number of ether oxygens (including phenoxy) is 1. The molecule has 208 valence electrons. The SMILES string of the molecule is C[C@H](CC(=O)O)NC(=O)C1(NC(=O)OCC2c3ccccc3-c3ccccc32)CCN(Cc2ccccc2)CC1. The molecular formula is C32H35N3O5. The predicted molar refractivity (Wildman–Crippen MR) is 152 cm³/mol. The van der Waals surface area contributed by atoms with Gasteiger partial charge >= 0.3 is 12.1 Å². The second-order valence-electron chi connectivity index (χ2n) is 10.8. The van der Waals surface area contributed by atoms with Crippen molar-refractivity contribution in [1.29, 1.82) is 0 Å². The summed E-state index contributed by atoms with van der Waals surface area (Å²) in [6, 6.07) is 25.8. The highest BCUT2D eigenvalue weighted by molar-refractivity contribution is 5.90. The number of alkyl carbamates (subject to hydrolysis) is 1. The maximum absolute atomic E-state index is 13.5. The van der Waals surface area contributed by atoms with Gasteiger partial charge in [-0.05, 0) is 47.6 Å². The van der Waals surface area contributed by atoms with E-state index in [9.17, 15) is 14.4 Å². The fourth-order valence-corrected chi connectivity index (χ4v) is 5.85. The van der Waals surface area contributed by atoms with Crippen molar-refractivity contribution in [2.75, 3.05) is 19.7 Å². The molecule has 0 bridgehead atoms. The summed E-state index contributed by atoms with van der Waals surface area (Å²) in [4.78, 5) is 40.2. The number of nitrogens with one attached hydrogen (secondary N) is 2. The van der Waals surface area contributed by atoms with Crippen molar-refractivity contribution in [3.8, 4) is 11.1 Å². The van der Waals surface area contributed by atoms with Gasteiger partial charge in [0, 0.05) is 31.6 Å². The van der Waals surface area contributed by atoms with Gasteiger partial charge in [0.1, 0.15) is 12.1 Å². The number of rotatable bonds is 9. The molecule has 0 radical (unpaired) electrons. The van der Waals surface area contributed by atoms with Crippen molar-refractivity contribution in [3.63, 3.8) is 0 Å². The number of carboxylic acid groups (broad SMARTS) is 1. The number of fused-ring (bicyclic) bond motifs is 3. The number of carbonyl (C=O) groups is 3. The molecule has 8 heteroatoms. The maximum Gasteiger partial charge on any atom is 0.408 e. The molecule has 1 heterocycles. The van der Waals surface area contributed by atoms with Crippen molar-refractivity contribution in [3.05, 3.63) is 95.6 Å². The lowest BCUT2D eigenvalue weighted by Gasteiger charge is -2.41. The van der Waals surface area contributed by atoms with Crippen LogP contribution in [-0.2, 0) is 20.9 Å². The average Bonchev–Trinajstić information content (AvgIpc) is 3.27. The second kappa shape index (κ2) is 11.9. The first kappa shape index (κ1) is 27.4. The molecule has 5 rings (SSSR count). The zero-order valence-corrected chi connectivity index (χ0v) is 22.6. The van der Waals surface area contributed by atoms with Crippen LogP contribution in [0.15, 0.2) is 78.9 Å². The normalized spacial score (nSPS) is 16.8. The number of hydrogen-bond donors (Lipinski definition) is 3. The lowest BCUT2D eigenvalue weighted by molar-refractivity contribution is -0.138. The number of benzene rings is 3. The summed E-state index contributed by atoms with van der Waals surface area (Å²) in [5.74, 6) is -1.47. The Morgan fingerprint density at radius 2 is 1.50 bits per heavy atom. The highest BCUT2D eigenvalue weighted by atomic mass is 16.5. The minimum atomic E-state index is -1.19. The van der Waals surface area contributed by atoms with E-state index in [0.717, 1.165) is 28.8 Å². The second-order valence-corrected chi connectivity index (χ2v) is 10.8. The highest BCUT2D eigenvalue weighted by Gasteiger charge is 2.44. The van der Waals surface area contributed by atoms with Gasteiger partial charge in [-0.1, -0.05) is 78.9 Å². The molecular weight excluding hydrogens is 506 g/mol. The van der Waals surface area contributed by atoms with Crippen LogP contribution in [0.3, 0.4) is 0 Å². The molecule has 1 atom stereocenters. The van der Waals surface area contributed by atoms with Crippen LogP contribution in [0.4, 0.5) is 4.79 Å². The molecule has 3 N–H and O–H groups in total. The summed E-state index contributed by atoms with van der Waals surface area (Å²) >= 11 is 0. The molecule has 3 aromatic carbocycles. The Balaban J connectivity index is 1.27. The zero-order valence-electron chi connectivity index (χ0n) is 22.6. The topological polar surface area (TPSA) is 108 Å². The molecule has 1 aliphatic heterocycles. The number of nitrogens with zero attached hydrogens (tertiary/aromatic N) is 1. The van der Waals surface area contributed by atoms with E-state index in [1.165, 1.54) is 5.56 Å². The van der Waals surface area contributed by atoms with E-state index in [2.05, 4.69) is 51.9 Å². The summed E-state index contributed by atoms with van der Waals surface area (Å²) in [7, 11) is 0. The van der Waals surface area contributed by atoms with Crippen LogP contribution < -0.4 is 10.6 Å². The number of carboxylic acids is 1. The number of hydrogen-bond acceptors (Lipinski definition) is 5. The average molecular weight is 542 g/mol. The Labute approximate surface area is 234 Å². The fraction of sp³-hybridized carbons (Fsp3) is 0.344. The first-order valence-electron chi connectivity index (χ1n) is 13.8.